The smallest absolute Gasteiger partial charge is 0.140 e. The Hall–Kier alpha value is -1.87. The van der Waals surface area contributed by atoms with Crippen LogP contribution in [0.3, 0.4) is 0 Å². The normalized spacial score (nSPS) is 19.1. The second-order valence-electron chi connectivity index (χ2n) is 6.13. The first-order valence-corrected chi connectivity index (χ1v) is 7.83. The average Bonchev–Trinajstić information content (AvgIpc) is 2.91. The summed E-state index contributed by atoms with van der Waals surface area (Å²) in [5, 5.41) is 0. The molecule has 2 aliphatic heterocycles. The lowest BCUT2D eigenvalue weighted by Crippen LogP contribution is -2.27. The Labute approximate surface area is 125 Å². The molecule has 0 bridgehead atoms. The van der Waals surface area contributed by atoms with Gasteiger partial charge in [-0.3, -0.25) is 0 Å². The molecule has 0 unspecified atom stereocenters. The molecule has 0 amide bonds. The molecule has 0 aliphatic carbocycles. The summed E-state index contributed by atoms with van der Waals surface area (Å²) < 4.78 is 2.32. The maximum atomic E-state index is 4.68. The lowest BCUT2D eigenvalue weighted by molar-refractivity contribution is 0.313. The van der Waals surface area contributed by atoms with E-state index in [1.54, 1.807) is 5.57 Å². The number of rotatable bonds is 0. The molecule has 21 heavy (non-hydrogen) atoms. The van der Waals surface area contributed by atoms with E-state index in [1.807, 2.05) is 6.20 Å². The number of fused-ring (bicyclic) bond motifs is 2. The van der Waals surface area contributed by atoms with E-state index in [-0.39, 0.29) is 0 Å². The van der Waals surface area contributed by atoms with Gasteiger partial charge < -0.3 is 9.47 Å². The summed E-state index contributed by atoms with van der Waals surface area (Å²) in [6.45, 7) is 3.34. The maximum absolute atomic E-state index is 4.68. The summed E-state index contributed by atoms with van der Waals surface area (Å²) in [4.78, 5) is 7.10. The van der Waals surface area contributed by atoms with Crippen LogP contribution < -0.4 is 0 Å². The minimum Gasteiger partial charge on any atom is -0.331 e. The van der Waals surface area contributed by atoms with Crippen molar-refractivity contribution in [2.45, 2.75) is 25.8 Å². The van der Waals surface area contributed by atoms with Gasteiger partial charge in [0.15, 0.2) is 0 Å². The summed E-state index contributed by atoms with van der Waals surface area (Å²) in [6.07, 6.45) is 7.48. The van der Waals surface area contributed by atoms with Crippen LogP contribution >= 0.6 is 0 Å². The monoisotopic (exact) mass is 279 g/mol. The molecule has 3 nitrogen and oxygen atoms in total. The number of benzene rings is 1. The van der Waals surface area contributed by atoms with Gasteiger partial charge in [-0.2, -0.15) is 0 Å². The number of aromatic nitrogens is 2. The zero-order chi connectivity index (χ0) is 14.2. The molecule has 2 aromatic rings. The van der Waals surface area contributed by atoms with Gasteiger partial charge in [0.2, 0.25) is 0 Å². The zero-order valence-corrected chi connectivity index (χ0v) is 12.5. The fourth-order valence-corrected chi connectivity index (χ4v) is 3.55. The largest absolute Gasteiger partial charge is 0.331 e. The van der Waals surface area contributed by atoms with Crippen molar-refractivity contribution in [1.29, 1.82) is 0 Å². The summed E-state index contributed by atoms with van der Waals surface area (Å²) in [5.74, 6) is 1.17. The molecule has 0 N–H and O–H groups in total. The van der Waals surface area contributed by atoms with Crippen molar-refractivity contribution in [1.82, 2.24) is 14.5 Å². The third-order valence-electron chi connectivity index (χ3n) is 4.79. The Balaban J connectivity index is 1.91. The zero-order valence-electron chi connectivity index (χ0n) is 12.5. The molecule has 3 heterocycles. The average molecular weight is 279 g/mol. The molecule has 0 radical (unpaired) electrons. The lowest BCUT2D eigenvalue weighted by Gasteiger charge is -2.26. The van der Waals surface area contributed by atoms with Gasteiger partial charge in [0, 0.05) is 37.6 Å². The lowest BCUT2D eigenvalue weighted by atomic mass is 9.90. The number of imidazole rings is 1. The Kier molecular flexibility index (Phi) is 3.15. The van der Waals surface area contributed by atoms with E-state index in [0.717, 1.165) is 38.9 Å². The highest BCUT2D eigenvalue weighted by Crippen LogP contribution is 2.35. The molecule has 0 atom stereocenters. The predicted molar refractivity (Wildman–Crippen MR) is 85.1 cm³/mol. The first-order valence-electron chi connectivity index (χ1n) is 7.83. The van der Waals surface area contributed by atoms with Crippen molar-refractivity contribution in [3.63, 3.8) is 0 Å². The van der Waals surface area contributed by atoms with Crippen molar-refractivity contribution < 1.29 is 0 Å². The Morgan fingerprint density at radius 1 is 1.00 bits per heavy atom. The molecule has 3 heteroatoms. The Bertz CT molecular complexity index is 686. The number of aryl methyl sites for hydroxylation is 2. The fraction of sp³-hybridized carbons (Fsp3) is 0.389. The van der Waals surface area contributed by atoms with E-state index in [1.165, 1.54) is 22.5 Å². The van der Waals surface area contributed by atoms with E-state index < -0.39 is 0 Å². The maximum Gasteiger partial charge on any atom is 0.140 e. The number of hydrogen-bond donors (Lipinski definition) is 0. The first kappa shape index (κ1) is 12.8. The number of nitrogens with zero attached hydrogens (tertiary/aromatic N) is 3. The third kappa shape index (κ3) is 2.22. The first-order chi connectivity index (χ1) is 10.3. The highest BCUT2D eigenvalue weighted by molar-refractivity contribution is 5.81. The van der Waals surface area contributed by atoms with Crippen molar-refractivity contribution in [3.05, 3.63) is 59.2 Å². The van der Waals surface area contributed by atoms with Crippen LogP contribution in [-0.2, 0) is 13.0 Å². The third-order valence-corrected chi connectivity index (χ3v) is 4.79. The molecule has 1 fully saturated rings. The topological polar surface area (TPSA) is 21.1 Å². The van der Waals surface area contributed by atoms with Crippen LogP contribution in [0.4, 0.5) is 0 Å². The van der Waals surface area contributed by atoms with Crippen LogP contribution in [0.15, 0.2) is 42.2 Å². The van der Waals surface area contributed by atoms with E-state index in [4.69, 9.17) is 0 Å². The van der Waals surface area contributed by atoms with Crippen LogP contribution in [-0.4, -0.2) is 34.6 Å². The van der Waals surface area contributed by atoms with E-state index in [2.05, 4.69) is 52.0 Å². The molecule has 1 aromatic heterocycles. The molecule has 0 spiro atoms. The molecular weight excluding hydrogens is 258 g/mol. The van der Waals surface area contributed by atoms with E-state index in [9.17, 15) is 0 Å². The summed E-state index contributed by atoms with van der Waals surface area (Å²) in [5.41, 5.74) is 5.85. The SMILES string of the molecule is CN1CCC(=C2c3ccccc3CCn3ccnc32)CC1. The fourth-order valence-electron chi connectivity index (χ4n) is 3.55. The van der Waals surface area contributed by atoms with Gasteiger partial charge >= 0.3 is 0 Å². The van der Waals surface area contributed by atoms with Crippen LogP contribution in [0.2, 0.25) is 0 Å². The van der Waals surface area contributed by atoms with Gasteiger partial charge in [-0.25, -0.2) is 4.98 Å². The van der Waals surface area contributed by atoms with Gasteiger partial charge in [0.25, 0.3) is 0 Å². The molecule has 1 aromatic carbocycles. The van der Waals surface area contributed by atoms with Crippen LogP contribution in [0.25, 0.3) is 5.57 Å². The molecule has 0 saturated carbocycles. The van der Waals surface area contributed by atoms with E-state index >= 15 is 0 Å². The number of hydrogen-bond acceptors (Lipinski definition) is 2. The predicted octanol–water partition coefficient (Wildman–Crippen LogP) is 2.97. The second kappa shape index (κ2) is 5.15. The molecule has 4 rings (SSSR count). The summed E-state index contributed by atoms with van der Waals surface area (Å²) >= 11 is 0. The second-order valence-corrected chi connectivity index (χ2v) is 6.13. The van der Waals surface area contributed by atoms with Gasteiger partial charge in [0.1, 0.15) is 5.82 Å². The highest BCUT2D eigenvalue weighted by atomic mass is 15.1. The Morgan fingerprint density at radius 2 is 1.81 bits per heavy atom. The van der Waals surface area contributed by atoms with Crippen molar-refractivity contribution in [3.8, 4) is 0 Å². The Morgan fingerprint density at radius 3 is 2.67 bits per heavy atom. The molecule has 108 valence electrons. The standard InChI is InChI=1S/C18H21N3/c1-20-10-6-15(7-11-20)17-16-5-3-2-4-14(16)8-12-21-13-9-19-18(17)21/h2-5,9,13H,6-8,10-12H2,1H3. The van der Waals surface area contributed by atoms with Gasteiger partial charge in [0.05, 0.1) is 0 Å². The van der Waals surface area contributed by atoms with E-state index in [0.29, 0.717) is 0 Å². The quantitative estimate of drug-likeness (QED) is 0.739. The van der Waals surface area contributed by atoms with Crippen LogP contribution in [0, 0.1) is 0 Å². The molecule has 1 saturated heterocycles. The van der Waals surface area contributed by atoms with Crippen molar-refractivity contribution >= 4 is 5.57 Å². The minimum absolute atomic E-state index is 1.03. The number of piperidine rings is 1. The number of likely N-dealkylation sites (tertiary alicyclic amines) is 1. The van der Waals surface area contributed by atoms with Crippen LogP contribution in [0.1, 0.15) is 29.8 Å². The van der Waals surface area contributed by atoms with Crippen molar-refractivity contribution in [2.24, 2.45) is 0 Å². The summed E-state index contributed by atoms with van der Waals surface area (Å²) in [6, 6.07) is 8.87. The summed E-state index contributed by atoms with van der Waals surface area (Å²) in [7, 11) is 2.21. The van der Waals surface area contributed by atoms with Gasteiger partial charge in [-0.15, -0.1) is 0 Å². The van der Waals surface area contributed by atoms with Gasteiger partial charge in [-0.05, 0) is 37.4 Å². The minimum atomic E-state index is 1.03. The molecule has 2 aliphatic rings. The molecular formula is C18H21N3. The van der Waals surface area contributed by atoms with Crippen molar-refractivity contribution in [2.75, 3.05) is 20.1 Å². The van der Waals surface area contributed by atoms with Gasteiger partial charge in [-0.1, -0.05) is 29.8 Å². The highest BCUT2D eigenvalue weighted by Gasteiger charge is 2.23. The van der Waals surface area contributed by atoms with Crippen LogP contribution in [0.5, 0.6) is 0 Å².